The summed E-state index contributed by atoms with van der Waals surface area (Å²) in [5.41, 5.74) is 2.22. The highest BCUT2D eigenvalue weighted by Gasteiger charge is 2.24. The van der Waals surface area contributed by atoms with E-state index in [4.69, 9.17) is 0 Å². The second kappa shape index (κ2) is 7.95. The summed E-state index contributed by atoms with van der Waals surface area (Å²) in [5.74, 6) is 0.143. The number of carbonyl (C=O) groups excluding carboxylic acids is 2. The lowest BCUT2D eigenvalue weighted by Gasteiger charge is -2.37. The van der Waals surface area contributed by atoms with Gasteiger partial charge in [-0.05, 0) is 57.4 Å². The van der Waals surface area contributed by atoms with Crippen molar-refractivity contribution in [2.75, 3.05) is 39.3 Å². The van der Waals surface area contributed by atoms with Gasteiger partial charge < -0.3 is 14.8 Å². The number of likely N-dealkylation sites (tertiary alicyclic amines) is 1. The zero-order chi connectivity index (χ0) is 19.7. The van der Waals surface area contributed by atoms with Crippen LogP contribution in [0, 0.1) is 0 Å². The second-order valence-corrected chi connectivity index (χ2v) is 8.26. The number of nitrogens with one attached hydrogen (secondary N) is 1. The Balaban J connectivity index is 1.48. The quantitative estimate of drug-likeness (QED) is 0.888. The van der Waals surface area contributed by atoms with E-state index >= 15 is 0 Å². The molecule has 2 fully saturated rings. The summed E-state index contributed by atoms with van der Waals surface area (Å²) in [7, 11) is 0. The topological polar surface area (TPSA) is 59.7 Å². The van der Waals surface area contributed by atoms with Gasteiger partial charge in [-0.1, -0.05) is 0 Å². The molecule has 2 saturated heterocycles. The van der Waals surface area contributed by atoms with Crippen molar-refractivity contribution < 1.29 is 9.59 Å². The van der Waals surface area contributed by atoms with Crippen LogP contribution in [-0.2, 0) is 0 Å². The fourth-order valence-electron chi connectivity index (χ4n) is 4.27. The molecule has 2 amide bonds. The van der Waals surface area contributed by atoms with Crippen LogP contribution >= 0.6 is 0 Å². The average Bonchev–Trinajstić information content (AvgIpc) is 3.16. The largest absolute Gasteiger partial charge is 0.351 e. The van der Waals surface area contributed by atoms with E-state index in [9.17, 15) is 9.59 Å². The average molecular weight is 383 g/mol. The van der Waals surface area contributed by atoms with E-state index in [1.165, 1.54) is 6.42 Å². The Morgan fingerprint density at radius 1 is 0.857 bits per heavy atom. The SMILES string of the molecule is CC(C)N1CCN(C(=O)c2ccc3[nH]c(C(=O)N4CCCCC4)cc3c2)CC1. The minimum atomic E-state index is 0.0635. The minimum absolute atomic E-state index is 0.0635. The summed E-state index contributed by atoms with van der Waals surface area (Å²) < 4.78 is 0. The maximum absolute atomic E-state index is 12.9. The minimum Gasteiger partial charge on any atom is -0.351 e. The Bertz CT molecular complexity index is 859. The molecule has 1 N–H and O–H groups in total. The first-order valence-electron chi connectivity index (χ1n) is 10.5. The van der Waals surface area contributed by atoms with Gasteiger partial charge in [0.1, 0.15) is 5.69 Å². The number of benzene rings is 1. The van der Waals surface area contributed by atoms with E-state index in [-0.39, 0.29) is 11.8 Å². The maximum atomic E-state index is 12.9. The fraction of sp³-hybridized carbons (Fsp3) is 0.545. The standard InChI is InChI=1S/C22H30N4O2/c1-16(2)24-10-12-26(13-11-24)21(27)17-6-7-19-18(14-17)15-20(23-19)22(28)25-8-4-3-5-9-25/h6-7,14-16,23H,3-5,8-13H2,1-2H3. The number of aromatic amines is 1. The number of fused-ring (bicyclic) bond motifs is 1. The summed E-state index contributed by atoms with van der Waals surface area (Å²) >= 11 is 0. The van der Waals surface area contributed by atoms with Gasteiger partial charge in [0.25, 0.3) is 11.8 Å². The first kappa shape index (κ1) is 19.0. The lowest BCUT2D eigenvalue weighted by molar-refractivity contribution is 0.0595. The molecular weight excluding hydrogens is 352 g/mol. The predicted molar refractivity (Wildman–Crippen MR) is 111 cm³/mol. The Hall–Kier alpha value is -2.34. The van der Waals surface area contributed by atoms with Crippen LogP contribution in [0.3, 0.4) is 0 Å². The molecule has 2 aliphatic heterocycles. The summed E-state index contributed by atoms with van der Waals surface area (Å²) in [6, 6.07) is 8.10. The fourth-order valence-corrected chi connectivity index (χ4v) is 4.27. The van der Waals surface area contributed by atoms with Crippen molar-refractivity contribution in [3.05, 3.63) is 35.5 Å². The molecule has 0 radical (unpaired) electrons. The highest BCUT2D eigenvalue weighted by molar-refractivity contribution is 6.01. The predicted octanol–water partition coefficient (Wildman–Crippen LogP) is 2.96. The van der Waals surface area contributed by atoms with Crippen molar-refractivity contribution in [1.29, 1.82) is 0 Å². The number of rotatable bonds is 3. The van der Waals surface area contributed by atoms with E-state index in [0.29, 0.717) is 17.3 Å². The van der Waals surface area contributed by atoms with E-state index in [1.54, 1.807) is 0 Å². The van der Waals surface area contributed by atoms with Crippen molar-refractivity contribution in [2.45, 2.75) is 39.2 Å². The number of nitrogens with zero attached hydrogens (tertiary/aromatic N) is 3. The Labute approximate surface area is 166 Å². The molecule has 28 heavy (non-hydrogen) atoms. The molecular formula is C22H30N4O2. The first-order valence-corrected chi connectivity index (χ1v) is 10.5. The monoisotopic (exact) mass is 382 g/mol. The molecule has 3 heterocycles. The molecule has 0 unspecified atom stereocenters. The van der Waals surface area contributed by atoms with Crippen LogP contribution in [0.4, 0.5) is 0 Å². The number of aromatic nitrogens is 1. The van der Waals surface area contributed by atoms with Gasteiger partial charge in [0.2, 0.25) is 0 Å². The highest BCUT2D eigenvalue weighted by Crippen LogP contribution is 2.21. The van der Waals surface area contributed by atoms with E-state index < -0.39 is 0 Å². The highest BCUT2D eigenvalue weighted by atomic mass is 16.2. The van der Waals surface area contributed by atoms with Crippen LogP contribution in [0.1, 0.15) is 54.0 Å². The lowest BCUT2D eigenvalue weighted by atomic mass is 10.1. The molecule has 0 spiro atoms. The maximum Gasteiger partial charge on any atom is 0.270 e. The summed E-state index contributed by atoms with van der Waals surface area (Å²) in [6.07, 6.45) is 3.36. The van der Waals surface area contributed by atoms with Crippen molar-refractivity contribution in [1.82, 2.24) is 19.7 Å². The summed E-state index contributed by atoms with van der Waals surface area (Å²) in [6.45, 7) is 9.43. The molecule has 2 aromatic rings. The zero-order valence-corrected chi connectivity index (χ0v) is 16.9. The van der Waals surface area contributed by atoms with Crippen LogP contribution in [0.15, 0.2) is 24.3 Å². The van der Waals surface area contributed by atoms with Crippen LogP contribution in [-0.4, -0.2) is 76.8 Å². The third kappa shape index (κ3) is 3.78. The third-order valence-corrected chi connectivity index (χ3v) is 6.07. The molecule has 4 rings (SSSR count). The van der Waals surface area contributed by atoms with Gasteiger partial charge in [-0.3, -0.25) is 14.5 Å². The molecule has 1 aromatic carbocycles. The van der Waals surface area contributed by atoms with Crippen LogP contribution in [0.5, 0.6) is 0 Å². The summed E-state index contributed by atoms with van der Waals surface area (Å²) in [4.78, 5) is 35.2. The molecule has 0 aliphatic carbocycles. The van der Waals surface area contributed by atoms with Crippen LogP contribution in [0.25, 0.3) is 10.9 Å². The molecule has 6 heteroatoms. The molecule has 0 bridgehead atoms. The van der Waals surface area contributed by atoms with Crippen molar-refractivity contribution >= 4 is 22.7 Å². The van der Waals surface area contributed by atoms with Crippen molar-refractivity contribution in [2.24, 2.45) is 0 Å². The van der Waals surface area contributed by atoms with Gasteiger partial charge in [0, 0.05) is 61.8 Å². The molecule has 6 nitrogen and oxygen atoms in total. The Morgan fingerprint density at radius 3 is 2.21 bits per heavy atom. The third-order valence-electron chi connectivity index (χ3n) is 6.07. The number of H-pyrrole nitrogens is 1. The summed E-state index contributed by atoms with van der Waals surface area (Å²) in [5, 5.41) is 0.923. The number of amides is 2. The second-order valence-electron chi connectivity index (χ2n) is 8.26. The number of piperidine rings is 1. The van der Waals surface area contributed by atoms with Crippen molar-refractivity contribution in [3.63, 3.8) is 0 Å². The van der Waals surface area contributed by atoms with Gasteiger partial charge in [-0.15, -0.1) is 0 Å². The van der Waals surface area contributed by atoms with E-state index in [1.807, 2.05) is 34.1 Å². The Kier molecular flexibility index (Phi) is 5.40. The number of piperazine rings is 1. The molecule has 1 aromatic heterocycles. The van der Waals surface area contributed by atoms with Crippen LogP contribution < -0.4 is 0 Å². The Morgan fingerprint density at radius 2 is 1.54 bits per heavy atom. The van der Waals surface area contributed by atoms with Gasteiger partial charge in [-0.2, -0.15) is 0 Å². The zero-order valence-electron chi connectivity index (χ0n) is 16.9. The first-order chi connectivity index (χ1) is 13.5. The normalized spacial score (nSPS) is 18.8. The molecule has 150 valence electrons. The van der Waals surface area contributed by atoms with E-state index in [2.05, 4.69) is 23.7 Å². The van der Waals surface area contributed by atoms with E-state index in [0.717, 1.165) is 63.0 Å². The van der Waals surface area contributed by atoms with Gasteiger partial charge in [0.05, 0.1) is 0 Å². The number of hydrogen-bond donors (Lipinski definition) is 1. The van der Waals surface area contributed by atoms with Gasteiger partial charge in [-0.25, -0.2) is 0 Å². The number of carbonyl (C=O) groups is 2. The molecule has 0 saturated carbocycles. The lowest BCUT2D eigenvalue weighted by Crippen LogP contribution is -2.50. The van der Waals surface area contributed by atoms with Gasteiger partial charge in [0.15, 0.2) is 0 Å². The molecule has 0 atom stereocenters. The van der Waals surface area contributed by atoms with Gasteiger partial charge >= 0.3 is 0 Å². The van der Waals surface area contributed by atoms with Crippen molar-refractivity contribution in [3.8, 4) is 0 Å². The smallest absolute Gasteiger partial charge is 0.270 e. The number of hydrogen-bond acceptors (Lipinski definition) is 3. The van der Waals surface area contributed by atoms with Crippen LogP contribution in [0.2, 0.25) is 0 Å². The molecule has 2 aliphatic rings.